The highest BCUT2D eigenvalue weighted by atomic mass is 19.1. The van der Waals surface area contributed by atoms with Crippen molar-refractivity contribution >= 4 is 16.8 Å². The van der Waals surface area contributed by atoms with E-state index in [1.165, 1.54) is 6.07 Å². The van der Waals surface area contributed by atoms with E-state index in [0.717, 1.165) is 0 Å². The summed E-state index contributed by atoms with van der Waals surface area (Å²) >= 11 is 0. The molecule has 10 heteroatoms. The SMILES string of the molecule is COCCn1nnnc1[C@H]1CN(C(=O)c2ccc3cccc(F)c3n2)CCO1. The number of para-hydroxylation sites is 1. The Bertz CT molecular complexity index is 994. The summed E-state index contributed by atoms with van der Waals surface area (Å²) in [5.74, 6) is -0.203. The van der Waals surface area contributed by atoms with Crippen LogP contribution in [0.4, 0.5) is 4.39 Å². The van der Waals surface area contributed by atoms with Crippen LogP contribution in [0.1, 0.15) is 22.4 Å². The molecule has 9 nitrogen and oxygen atoms in total. The topological polar surface area (TPSA) is 95.3 Å². The number of fused-ring (bicyclic) bond motifs is 1. The van der Waals surface area contributed by atoms with E-state index in [1.807, 2.05) is 0 Å². The van der Waals surface area contributed by atoms with Crippen LogP contribution in [0.15, 0.2) is 30.3 Å². The number of ether oxygens (including phenoxy) is 2. The van der Waals surface area contributed by atoms with Gasteiger partial charge in [-0.3, -0.25) is 4.79 Å². The molecule has 1 aromatic carbocycles. The molecule has 1 saturated heterocycles. The average Bonchev–Trinajstić information content (AvgIpc) is 3.20. The Kier molecular flexibility index (Phi) is 5.22. The zero-order chi connectivity index (χ0) is 19.5. The number of morpholine rings is 1. The zero-order valence-electron chi connectivity index (χ0n) is 15.3. The van der Waals surface area contributed by atoms with E-state index in [0.29, 0.717) is 37.5 Å². The molecule has 28 heavy (non-hydrogen) atoms. The summed E-state index contributed by atoms with van der Waals surface area (Å²) in [5, 5.41) is 12.3. The van der Waals surface area contributed by atoms with Gasteiger partial charge >= 0.3 is 0 Å². The maximum Gasteiger partial charge on any atom is 0.272 e. The molecular formula is C18H19FN6O3. The van der Waals surface area contributed by atoms with E-state index in [2.05, 4.69) is 20.5 Å². The highest BCUT2D eigenvalue weighted by molar-refractivity contribution is 5.95. The third-order valence-corrected chi connectivity index (χ3v) is 4.60. The number of tetrazole rings is 1. The largest absolute Gasteiger partial charge is 0.383 e. The Morgan fingerprint density at radius 2 is 2.25 bits per heavy atom. The second-order valence-electron chi connectivity index (χ2n) is 6.37. The third kappa shape index (κ3) is 3.56. The highest BCUT2D eigenvalue weighted by Gasteiger charge is 2.30. The minimum absolute atomic E-state index is 0.182. The van der Waals surface area contributed by atoms with Crippen molar-refractivity contribution in [3.05, 3.63) is 47.7 Å². The Balaban J connectivity index is 1.54. The molecule has 1 aliphatic rings. The van der Waals surface area contributed by atoms with Crippen LogP contribution in [-0.4, -0.2) is 69.4 Å². The standard InChI is InChI=1S/C18H19FN6O3/c1-27-9-8-25-17(21-22-23-25)15-11-24(7-10-28-15)18(26)14-6-5-12-3-2-4-13(19)16(12)20-14/h2-6,15H,7-11H2,1H3/t15-/m1/s1. The third-order valence-electron chi connectivity index (χ3n) is 4.60. The molecular weight excluding hydrogens is 367 g/mol. The number of nitrogens with zero attached hydrogens (tertiary/aromatic N) is 6. The van der Waals surface area contributed by atoms with Crippen LogP contribution >= 0.6 is 0 Å². The van der Waals surface area contributed by atoms with Gasteiger partial charge < -0.3 is 14.4 Å². The van der Waals surface area contributed by atoms with E-state index in [-0.39, 0.29) is 23.7 Å². The lowest BCUT2D eigenvalue weighted by atomic mass is 10.1. The minimum atomic E-state index is -0.457. The van der Waals surface area contributed by atoms with Gasteiger partial charge in [-0.25, -0.2) is 14.1 Å². The van der Waals surface area contributed by atoms with Crippen molar-refractivity contribution in [1.82, 2.24) is 30.1 Å². The van der Waals surface area contributed by atoms with Gasteiger partial charge in [0, 0.05) is 19.0 Å². The van der Waals surface area contributed by atoms with Gasteiger partial charge in [-0.2, -0.15) is 0 Å². The van der Waals surface area contributed by atoms with Gasteiger partial charge in [0.25, 0.3) is 5.91 Å². The van der Waals surface area contributed by atoms with Gasteiger partial charge in [-0.1, -0.05) is 18.2 Å². The first kappa shape index (κ1) is 18.4. The second-order valence-corrected chi connectivity index (χ2v) is 6.37. The normalized spacial score (nSPS) is 17.2. The van der Waals surface area contributed by atoms with E-state index < -0.39 is 11.9 Å². The molecule has 3 aromatic rings. The summed E-state index contributed by atoms with van der Waals surface area (Å²) < 4.78 is 26.5. The number of benzene rings is 1. The van der Waals surface area contributed by atoms with Crippen molar-refractivity contribution in [2.75, 3.05) is 33.4 Å². The minimum Gasteiger partial charge on any atom is -0.383 e. The molecule has 1 atom stereocenters. The number of aromatic nitrogens is 5. The van der Waals surface area contributed by atoms with Crippen molar-refractivity contribution in [1.29, 1.82) is 0 Å². The molecule has 3 heterocycles. The van der Waals surface area contributed by atoms with Gasteiger partial charge in [-0.15, -0.1) is 5.10 Å². The molecule has 4 rings (SSSR count). The quantitative estimate of drug-likeness (QED) is 0.651. The monoisotopic (exact) mass is 386 g/mol. The lowest BCUT2D eigenvalue weighted by Crippen LogP contribution is -2.43. The number of rotatable bonds is 5. The lowest BCUT2D eigenvalue weighted by Gasteiger charge is -2.32. The second kappa shape index (κ2) is 7.95. The number of halogens is 1. The van der Waals surface area contributed by atoms with Gasteiger partial charge in [0.1, 0.15) is 23.1 Å². The van der Waals surface area contributed by atoms with Crippen LogP contribution in [0.3, 0.4) is 0 Å². The maximum atomic E-state index is 14.0. The van der Waals surface area contributed by atoms with Gasteiger partial charge in [0.2, 0.25) is 0 Å². The van der Waals surface area contributed by atoms with Crippen molar-refractivity contribution < 1.29 is 18.7 Å². The summed E-state index contributed by atoms with van der Waals surface area (Å²) in [7, 11) is 1.60. The number of amides is 1. The Morgan fingerprint density at radius 3 is 3.11 bits per heavy atom. The molecule has 1 amide bonds. The number of carbonyl (C=O) groups is 1. The molecule has 0 saturated carbocycles. The number of hydrogen-bond donors (Lipinski definition) is 0. The lowest BCUT2D eigenvalue weighted by molar-refractivity contribution is -0.0293. The van der Waals surface area contributed by atoms with Crippen molar-refractivity contribution in [3.63, 3.8) is 0 Å². The van der Waals surface area contributed by atoms with Crippen LogP contribution in [0, 0.1) is 5.82 Å². The predicted molar refractivity (Wildman–Crippen MR) is 96.0 cm³/mol. The maximum absolute atomic E-state index is 14.0. The highest BCUT2D eigenvalue weighted by Crippen LogP contribution is 2.22. The van der Waals surface area contributed by atoms with Crippen LogP contribution in [-0.2, 0) is 16.0 Å². The molecule has 1 aliphatic heterocycles. The first-order valence-corrected chi connectivity index (χ1v) is 8.88. The first-order chi connectivity index (χ1) is 13.7. The number of methoxy groups -OCH3 is 1. The summed E-state index contributed by atoms with van der Waals surface area (Å²) in [6.07, 6.45) is -0.457. The summed E-state index contributed by atoms with van der Waals surface area (Å²) in [4.78, 5) is 18.8. The van der Waals surface area contributed by atoms with E-state index in [9.17, 15) is 9.18 Å². The molecule has 0 N–H and O–H groups in total. The fourth-order valence-corrected chi connectivity index (χ4v) is 3.16. The molecule has 0 unspecified atom stereocenters. The molecule has 0 bridgehead atoms. The molecule has 146 valence electrons. The van der Waals surface area contributed by atoms with Crippen LogP contribution in [0.5, 0.6) is 0 Å². The van der Waals surface area contributed by atoms with E-state index in [4.69, 9.17) is 9.47 Å². The summed E-state index contributed by atoms with van der Waals surface area (Å²) in [6, 6.07) is 8.00. The Labute approximate surface area is 160 Å². The van der Waals surface area contributed by atoms with Gasteiger partial charge in [0.05, 0.1) is 26.3 Å². The Hall–Kier alpha value is -2.98. The number of pyridine rings is 1. The molecule has 2 aromatic heterocycles. The number of carbonyl (C=O) groups excluding carboxylic acids is 1. The Morgan fingerprint density at radius 1 is 1.36 bits per heavy atom. The molecule has 0 spiro atoms. The fraction of sp³-hybridized carbons (Fsp3) is 0.389. The first-order valence-electron chi connectivity index (χ1n) is 8.88. The van der Waals surface area contributed by atoms with Crippen LogP contribution < -0.4 is 0 Å². The smallest absolute Gasteiger partial charge is 0.272 e. The van der Waals surface area contributed by atoms with Crippen molar-refractivity contribution in [2.24, 2.45) is 0 Å². The summed E-state index contributed by atoms with van der Waals surface area (Å²) in [5.41, 5.74) is 0.374. The molecule has 0 aliphatic carbocycles. The molecule has 1 fully saturated rings. The van der Waals surface area contributed by atoms with Gasteiger partial charge in [-0.05, 0) is 22.6 Å². The van der Waals surface area contributed by atoms with Crippen molar-refractivity contribution in [2.45, 2.75) is 12.6 Å². The van der Waals surface area contributed by atoms with Crippen LogP contribution in [0.25, 0.3) is 10.9 Å². The summed E-state index contributed by atoms with van der Waals surface area (Å²) in [6.45, 7) is 1.97. The van der Waals surface area contributed by atoms with E-state index in [1.54, 1.807) is 41.0 Å². The fourth-order valence-electron chi connectivity index (χ4n) is 3.16. The van der Waals surface area contributed by atoms with Crippen LogP contribution in [0.2, 0.25) is 0 Å². The van der Waals surface area contributed by atoms with Gasteiger partial charge in [0.15, 0.2) is 5.82 Å². The zero-order valence-corrected chi connectivity index (χ0v) is 15.3. The number of hydrogen-bond acceptors (Lipinski definition) is 7. The predicted octanol–water partition coefficient (Wildman–Crippen LogP) is 1.22. The average molecular weight is 386 g/mol. The van der Waals surface area contributed by atoms with Crippen molar-refractivity contribution in [3.8, 4) is 0 Å². The molecule has 0 radical (unpaired) electrons. The van der Waals surface area contributed by atoms with E-state index >= 15 is 0 Å².